The van der Waals surface area contributed by atoms with E-state index in [1.807, 2.05) is 0 Å². The fraction of sp³-hybridized carbons (Fsp3) is 1.00. The van der Waals surface area contributed by atoms with E-state index in [0.717, 1.165) is 13.0 Å². The maximum absolute atomic E-state index is 11.5. The predicted molar refractivity (Wildman–Crippen MR) is 63.4 cm³/mol. The quantitative estimate of drug-likeness (QED) is 0.736. The molecule has 0 spiro atoms. The van der Waals surface area contributed by atoms with Crippen molar-refractivity contribution in [1.82, 2.24) is 14.3 Å². The summed E-state index contributed by atoms with van der Waals surface area (Å²) in [7, 11) is -0.225. The summed E-state index contributed by atoms with van der Waals surface area (Å²) in [6.07, 6.45) is 1.01. The van der Waals surface area contributed by atoms with Crippen LogP contribution >= 0.6 is 12.4 Å². The molecule has 1 rings (SSSR count). The molecule has 0 aromatic heterocycles. The van der Waals surface area contributed by atoms with Crippen molar-refractivity contribution in [3.63, 3.8) is 0 Å². The van der Waals surface area contributed by atoms with E-state index in [1.165, 1.54) is 18.4 Å². The van der Waals surface area contributed by atoms with Gasteiger partial charge in [0.2, 0.25) is 0 Å². The molecular weight excluding hydrogens is 238 g/mol. The van der Waals surface area contributed by atoms with Gasteiger partial charge >= 0.3 is 0 Å². The molecule has 0 aliphatic carbocycles. The third-order valence-corrected chi connectivity index (χ3v) is 4.17. The van der Waals surface area contributed by atoms with Crippen molar-refractivity contribution in [2.75, 3.05) is 27.2 Å². The van der Waals surface area contributed by atoms with Crippen molar-refractivity contribution >= 4 is 22.6 Å². The van der Waals surface area contributed by atoms with Crippen LogP contribution in [0.15, 0.2) is 0 Å². The zero-order valence-electron chi connectivity index (χ0n) is 9.36. The summed E-state index contributed by atoms with van der Waals surface area (Å²) in [6.45, 7) is 3.76. The zero-order chi connectivity index (χ0) is 10.8. The molecule has 0 aromatic rings. The molecule has 2 atom stereocenters. The number of hydrogen-bond acceptors (Lipinski definition) is 3. The average molecular weight is 258 g/mol. The third kappa shape index (κ3) is 4.24. The van der Waals surface area contributed by atoms with E-state index in [0.29, 0.717) is 12.5 Å². The molecule has 0 radical (unpaired) electrons. The first kappa shape index (κ1) is 15.1. The second-order valence-electron chi connectivity index (χ2n) is 3.98. The fourth-order valence-corrected chi connectivity index (χ4v) is 2.35. The molecule has 0 bridgehead atoms. The normalized spacial score (nSPS) is 27.5. The van der Waals surface area contributed by atoms with Crippen molar-refractivity contribution < 1.29 is 8.42 Å². The second kappa shape index (κ2) is 6.00. The first-order chi connectivity index (χ1) is 6.43. The number of piperidine rings is 1. The Labute approximate surface area is 98.2 Å². The van der Waals surface area contributed by atoms with Crippen molar-refractivity contribution in [2.45, 2.75) is 19.4 Å². The molecule has 15 heavy (non-hydrogen) atoms. The molecule has 2 N–H and O–H groups in total. The van der Waals surface area contributed by atoms with Gasteiger partial charge in [-0.05, 0) is 18.9 Å². The van der Waals surface area contributed by atoms with Crippen molar-refractivity contribution in [3.05, 3.63) is 0 Å². The van der Waals surface area contributed by atoms with Crippen molar-refractivity contribution in [1.29, 1.82) is 0 Å². The van der Waals surface area contributed by atoms with Crippen LogP contribution in [-0.2, 0) is 10.2 Å². The number of halogens is 1. The topological polar surface area (TPSA) is 61.4 Å². The minimum absolute atomic E-state index is 0. The third-order valence-electron chi connectivity index (χ3n) is 2.61. The SMILES string of the molecule is CC1CCNCC1NS(=O)(=O)N(C)C.Cl. The fourth-order valence-electron chi connectivity index (χ4n) is 1.44. The van der Waals surface area contributed by atoms with Crippen LogP contribution in [0.5, 0.6) is 0 Å². The van der Waals surface area contributed by atoms with Gasteiger partial charge in [0.05, 0.1) is 0 Å². The van der Waals surface area contributed by atoms with Crippen LogP contribution in [0.3, 0.4) is 0 Å². The maximum atomic E-state index is 11.5. The molecule has 0 saturated carbocycles. The van der Waals surface area contributed by atoms with Gasteiger partial charge in [-0.25, -0.2) is 0 Å². The Hall–Kier alpha value is 0.120. The highest BCUT2D eigenvalue weighted by Gasteiger charge is 2.26. The lowest BCUT2D eigenvalue weighted by Crippen LogP contribution is -2.52. The zero-order valence-corrected chi connectivity index (χ0v) is 11.0. The Kier molecular flexibility index (Phi) is 6.05. The molecule has 7 heteroatoms. The summed E-state index contributed by atoms with van der Waals surface area (Å²) in [5.41, 5.74) is 0. The number of hydrogen-bond donors (Lipinski definition) is 2. The highest BCUT2D eigenvalue weighted by molar-refractivity contribution is 7.87. The molecular formula is C8H20ClN3O2S. The van der Waals surface area contributed by atoms with Gasteiger partial charge in [0.15, 0.2) is 0 Å². The van der Waals surface area contributed by atoms with Gasteiger partial charge in [-0.1, -0.05) is 6.92 Å². The molecule has 1 aliphatic heterocycles. The molecule has 1 aliphatic rings. The van der Waals surface area contributed by atoms with E-state index in [-0.39, 0.29) is 18.4 Å². The van der Waals surface area contributed by atoms with E-state index in [1.54, 1.807) is 0 Å². The second-order valence-corrected chi connectivity index (χ2v) is 5.90. The molecule has 0 amide bonds. The van der Waals surface area contributed by atoms with Crippen LogP contribution in [-0.4, -0.2) is 45.9 Å². The lowest BCUT2D eigenvalue weighted by atomic mass is 9.96. The average Bonchev–Trinajstić information content (AvgIpc) is 2.08. The Bertz CT molecular complexity index is 282. The molecule has 1 fully saturated rings. The summed E-state index contributed by atoms with van der Waals surface area (Å²) in [4.78, 5) is 0. The Morgan fingerprint density at radius 3 is 2.47 bits per heavy atom. The van der Waals surface area contributed by atoms with Gasteiger partial charge in [0.25, 0.3) is 10.2 Å². The van der Waals surface area contributed by atoms with Gasteiger partial charge in [-0.3, -0.25) is 0 Å². The largest absolute Gasteiger partial charge is 0.315 e. The first-order valence-electron chi connectivity index (χ1n) is 4.84. The van der Waals surface area contributed by atoms with Crippen LogP contribution < -0.4 is 10.0 Å². The molecule has 92 valence electrons. The van der Waals surface area contributed by atoms with Gasteiger partial charge in [-0.15, -0.1) is 12.4 Å². The highest BCUT2D eigenvalue weighted by Crippen LogP contribution is 2.12. The van der Waals surface area contributed by atoms with Crippen LogP contribution in [0.2, 0.25) is 0 Å². The predicted octanol–water partition coefficient (Wildman–Crippen LogP) is -0.198. The Morgan fingerprint density at radius 1 is 1.40 bits per heavy atom. The molecule has 5 nitrogen and oxygen atoms in total. The standard InChI is InChI=1S/C8H19N3O2S.ClH/c1-7-4-5-9-6-8(7)10-14(12,13)11(2)3;/h7-10H,4-6H2,1-3H3;1H. The van der Waals surface area contributed by atoms with Crippen molar-refractivity contribution in [2.24, 2.45) is 5.92 Å². The van der Waals surface area contributed by atoms with E-state index in [2.05, 4.69) is 17.0 Å². The van der Waals surface area contributed by atoms with Gasteiger partial charge in [-0.2, -0.15) is 17.4 Å². The Balaban J connectivity index is 0.00000196. The van der Waals surface area contributed by atoms with Crippen LogP contribution in [0.1, 0.15) is 13.3 Å². The molecule has 2 unspecified atom stereocenters. The lowest BCUT2D eigenvalue weighted by Gasteiger charge is -2.30. The highest BCUT2D eigenvalue weighted by atomic mass is 35.5. The van der Waals surface area contributed by atoms with E-state index in [9.17, 15) is 8.42 Å². The lowest BCUT2D eigenvalue weighted by molar-refractivity contribution is 0.322. The number of rotatable bonds is 3. The number of nitrogens with one attached hydrogen (secondary N) is 2. The molecule has 1 saturated heterocycles. The van der Waals surface area contributed by atoms with E-state index < -0.39 is 10.2 Å². The molecule has 0 aromatic carbocycles. The minimum atomic E-state index is -3.29. The Morgan fingerprint density at radius 2 is 2.00 bits per heavy atom. The van der Waals surface area contributed by atoms with Gasteiger partial charge < -0.3 is 5.32 Å². The minimum Gasteiger partial charge on any atom is -0.315 e. The summed E-state index contributed by atoms with van der Waals surface area (Å²) < 4.78 is 26.9. The smallest absolute Gasteiger partial charge is 0.279 e. The summed E-state index contributed by atoms with van der Waals surface area (Å²) in [5, 5.41) is 3.18. The van der Waals surface area contributed by atoms with E-state index >= 15 is 0 Å². The monoisotopic (exact) mass is 257 g/mol. The number of nitrogens with zero attached hydrogens (tertiary/aromatic N) is 1. The first-order valence-corrected chi connectivity index (χ1v) is 6.28. The van der Waals surface area contributed by atoms with E-state index in [4.69, 9.17) is 0 Å². The maximum Gasteiger partial charge on any atom is 0.279 e. The van der Waals surface area contributed by atoms with Crippen LogP contribution in [0, 0.1) is 5.92 Å². The van der Waals surface area contributed by atoms with Crippen LogP contribution in [0.25, 0.3) is 0 Å². The summed E-state index contributed by atoms with van der Waals surface area (Å²) >= 11 is 0. The van der Waals surface area contributed by atoms with Gasteiger partial charge in [0, 0.05) is 26.7 Å². The summed E-state index contributed by atoms with van der Waals surface area (Å²) in [5.74, 6) is 0.394. The van der Waals surface area contributed by atoms with Crippen molar-refractivity contribution in [3.8, 4) is 0 Å². The molecule has 1 heterocycles. The van der Waals surface area contributed by atoms with Gasteiger partial charge in [0.1, 0.15) is 0 Å². The van der Waals surface area contributed by atoms with Crippen LogP contribution in [0.4, 0.5) is 0 Å². The summed E-state index contributed by atoms with van der Waals surface area (Å²) in [6, 6.07) is 0.0103.